The molecular formula is C17H21BFNO7. The molecule has 0 radical (unpaired) electrons. The molecule has 8 nitrogen and oxygen atoms in total. The van der Waals surface area contributed by atoms with E-state index in [9.17, 15) is 14.0 Å². The monoisotopic (exact) mass is 381 g/mol. The van der Waals surface area contributed by atoms with E-state index in [1.54, 1.807) is 6.07 Å². The van der Waals surface area contributed by atoms with Crippen molar-refractivity contribution >= 4 is 30.5 Å². The molecule has 0 bridgehead atoms. The van der Waals surface area contributed by atoms with E-state index < -0.39 is 42.5 Å². The number of benzene rings is 1. The minimum atomic E-state index is -1.46. The molecule has 10 heteroatoms. The summed E-state index contributed by atoms with van der Waals surface area (Å²) in [7, 11) is -0.855. The molecule has 146 valence electrons. The number of carbonyl (C=O) groups is 2. The maximum atomic E-state index is 14.7. The van der Waals surface area contributed by atoms with Crippen molar-refractivity contribution in [3.63, 3.8) is 0 Å². The molecule has 1 amide bonds. The van der Waals surface area contributed by atoms with Crippen LogP contribution in [0.15, 0.2) is 18.2 Å². The molecule has 2 saturated heterocycles. The third-order valence-electron chi connectivity index (χ3n) is 5.07. The van der Waals surface area contributed by atoms with E-state index in [0.717, 1.165) is 0 Å². The van der Waals surface area contributed by atoms with E-state index in [-0.39, 0.29) is 24.3 Å². The van der Waals surface area contributed by atoms with Crippen LogP contribution >= 0.6 is 0 Å². The molecule has 1 aromatic rings. The van der Waals surface area contributed by atoms with Crippen molar-refractivity contribution in [3.05, 3.63) is 24.0 Å². The van der Waals surface area contributed by atoms with Gasteiger partial charge in [0.05, 0.1) is 23.4 Å². The zero-order chi connectivity index (χ0) is 20.0. The Morgan fingerprint density at radius 2 is 1.96 bits per heavy atom. The SMILES string of the molecule is CC1(C)OB(c2ccc(N3C[C@H](COC(=O)O)OC3=O)cc2F)OC1(C)C. The zero-order valence-corrected chi connectivity index (χ0v) is 15.5. The molecule has 1 aromatic carbocycles. The highest BCUT2D eigenvalue weighted by molar-refractivity contribution is 6.62. The third-order valence-corrected chi connectivity index (χ3v) is 5.07. The maximum Gasteiger partial charge on any atom is 0.505 e. The molecule has 0 aliphatic carbocycles. The lowest BCUT2D eigenvalue weighted by atomic mass is 9.78. The Labute approximate surface area is 156 Å². The maximum absolute atomic E-state index is 14.7. The van der Waals surface area contributed by atoms with E-state index in [2.05, 4.69) is 4.74 Å². The molecule has 1 atom stereocenters. The van der Waals surface area contributed by atoms with Gasteiger partial charge in [-0.05, 0) is 39.8 Å². The number of rotatable bonds is 4. The lowest BCUT2D eigenvalue weighted by molar-refractivity contribution is 0.00578. The number of cyclic esters (lactones) is 1. The summed E-state index contributed by atoms with van der Waals surface area (Å²) in [5.41, 5.74) is -0.677. The Hall–Kier alpha value is -2.33. The number of hydrogen-bond acceptors (Lipinski definition) is 6. The van der Waals surface area contributed by atoms with Crippen LogP contribution in [0.25, 0.3) is 0 Å². The van der Waals surface area contributed by atoms with Crippen LogP contribution in [0.4, 0.5) is 19.7 Å². The number of hydrogen-bond donors (Lipinski definition) is 1. The van der Waals surface area contributed by atoms with E-state index >= 15 is 0 Å². The number of ether oxygens (including phenoxy) is 2. The number of nitrogens with zero attached hydrogens (tertiary/aromatic N) is 1. The minimum Gasteiger partial charge on any atom is -0.450 e. The molecular weight excluding hydrogens is 360 g/mol. The third kappa shape index (κ3) is 3.72. The molecule has 2 heterocycles. The molecule has 0 unspecified atom stereocenters. The summed E-state index contributed by atoms with van der Waals surface area (Å²) >= 11 is 0. The second-order valence-corrected chi connectivity index (χ2v) is 7.49. The van der Waals surface area contributed by atoms with Crippen LogP contribution in [0, 0.1) is 5.82 Å². The van der Waals surface area contributed by atoms with Gasteiger partial charge in [0.1, 0.15) is 12.4 Å². The predicted octanol–water partition coefficient (Wildman–Crippen LogP) is 2.14. The van der Waals surface area contributed by atoms with Crippen molar-refractivity contribution < 1.29 is 37.9 Å². The summed E-state index contributed by atoms with van der Waals surface area (Å²) in [5.74, 6) is -0.580. The summed E-state index contributed by atoms with van der Waals surface area (Å²) in [6.45, 7) is 7.27. The second-order valence-electron chi connectivity index (χ2n) is 7.49. The van der Waals surface area contributed by atoms with Crippen molar-refractivity contribution in [2.75, 3.05) is 18.1 Å². The Morgan fingerprint density at radius 1 is 1.33 bits per heavy atom. The van der Waals surface area contributed by atoms with Crippen LogP contribution < -0.4 is 10.4 Å². The quantitative estimate of drug-likeness (QED) is 0.631. The van der Waals surface area contributed by atoms with Gasteiger partial charge in [-0.25, -0.2) is 14.0 Å². The fraction of sp³-hybridized carbons (Fsp3) is 0.529. The van der Waals surface area contributed by atoms with E-state index in [1.165, 1.54) is 17.0 Å². The van der Waals surface area contributed by atoms with Gasteiger partial charge >= 0.3 is 19.4 Å². The van der Waals surface area contributed by atoms with Gasteiger partial charge in [-0.3, -0.25) is 4.90 Å². The molecule has 2 aliphatic heterocycles. The van der Waals surface area contributed by atoms with E-state index in [4.69, 9.17) is 19.2 Å². The molecule has 27 heavy (non-hydrogen) atoms. The van der Waals surface area contributed by atoms with Gasteiger partial charge in [-0.1, -0.05) is 6.07 Å². The van der Waals surface area contributed by atoms with Gasteiger partial charge < -0.3 is 23.9 Å². The van der Waals surface area contributed by atoms with Gasteiger partial charge in [-0.15, -0.1) is 0 Å². The first-order chi connectivity index (χ1) is 12.5. The average Bonchev–Trinajstić information content (AvgIpc) is 3.01. The van der Waals surface area contributed by atoms with Crippen LogP contribution in [0.3, 0.4) is 0 Å². The Bertz CT molecular complexity index is 754. The van der Waals surface area contributed by atoms with Crippen LogP contribution in [-0.4, -0.2) is 54.9 Å². The normalized spacial score (nSPS) is 23.4. The van der Waals surface area contributed by atoms with Gasteiger partial charge in [0.2, 0.25) is 0 Å². The smallest absolute Gasteiger partial charge is 0.450 e. The average molecular weight is 381 g/mol. The predicted molar refractivity (Wildman–Crippen MR) is 93.7 cm³/mol. The van der Waals surface area contributed by atoms with Crippen molar-refractivity contribution in [2.45, 2.75) is 45.0 Å². The van der Waals surface area contributed by atoms with Crippen molar-refractivity contribution in [1.29, 1.82) is 0 Å². The van der Waals surface area contributed by atoms with Gasteiger partial charge in [0.15, 0.2) is 6.10 Å². The standard InChI is InChI=1S/C17H21BFNO7/c1-16(2)17(3,4)27-18(26-16)12-6-5-10(7-13(12)19)20-8-11(25-14(20)21)9-24-15(22)23/h5-7,11H,8-9H2,1-4H3,(H,22,23)/t11-/m1/s1. The lowest BCUT2D eigenvalue weighted by Gasteiger charge is -2.32. The van der Waals surface area contributed by atoms with Crippen LogP contribution in [0.5, 0.6) is 0 Å². The molecule has 2 aliphatic rings. The van der Waals surface area contributed by atoms with Gasteiger partial charge in [0, 0.05) is 5.46 Å². The zero-order valence-electron chi connectivity index (χ0n) is 15.5. The molecule has 0 aromatic heterocycles. The Balaban J connectivity index is 1.74. The minimum absolute atomic E-state index is 0.0569. The van der Waals surface area contributed by atoms with Gasteiger partial charge in [0.25, 0.3) is 0 Å². The van der Waals surface area contributed by atoms with Crippen molar-refractivity contribution in [1.82, 2.24) is 0 Å². The van der Waals surface area contributed by atoms with E-state index in [1.807, 2.05) is 27.7 Å². The number of carbonyl (C=O) groups excluding carboxylic acids is 1. The lowest BCUT2D eigenvalue weighted by Crippen LogP contribution is -2.41. The molecule has 1 N–H and O–H groups in total. The molecule has 3 rings (SSSR count). The fourth-order valence-electron chi connectivity index (χ4n) is 2.83. The van der Waals surface area contributed by atoms with Crippen LogP contribution in [0.2, 0.25) is 0 Å². The number of carboxylic acid groups (broad SMARTS) is 1. The fourth-order valence-corrected chi connectivity index (χ4v) is 2.83. The van der Waals surface area contributed by atoms with E-state index in [0.29, 0.717) is 0 Å². The Kier molecular flexibility index (Phi) is 4.81. The largest absolute Gasteiger partial charge is 0.505 e. The highest BCUT2D eigenvalue weighted by atomic mass is 19.1. The van der Waals surface area contributed by atoms with Gasteiger partial charge in [-0.2, -0.15) is 0 Å². The Morgan fingerprint density at radius 3 is 2.52 bits per heavy atom. The second kappa shape index (κ2) is 6.68. The first-order valence-electron chi connectivity index (χ1n) is 8.49. The number of anilines is 1. The van der Waals surface area contributed by atoms with Crippen LogP contribution in [0.1, 0.15) is 27.7 Å². The summed E-state index contributed by atoms with van der Waals surface area (Å²) in [4.78, 5) is 23.6. The first-order valence-corrected chi connectivity index (χ1v) is 8.49. The van der Waals surface area contributed by atoms with Crippen LogP contribution in [-0.2, 0) is 18.8 Å². The summed E-state index contributed by atoms with van der Waals surface area (Å²) in [6, 6.07) is 4.26. The summed E-state index contributed by atoms with van der Waals surface area (Å²) in [6.07, 6.45) is -2.90. The molecule has 2 fully saturated rings. The highest BCUT2D eigenvalue weighted by Gasteiger charge is 2.52. The highest BCUT2D eigenvalue weighted by Crippen LogP contribution is 2.36. The summed E-state index contributed by atoms with van der Waals surface area (Å²) < 4.78 is 35.8. The number of amides is 1. The number of halogens is 1. The molecule has 0 saturated carbocycles. The molecule has 0 spiro atoms. The topological polar surface area (TPSA) is 94.5 Å². The first kappa shape index (κ1) is 19.4. The van der Waals surface area contributed by atoms with Crippen molar-refractivity contribution in [3.8, 4) is 0 Å². The van der Waals surface area contributed by atoms with Crippen molar-refractivity contribution in [2.24, 2.45) is 0 Å². The summed E-state index contributed by atoms with van der Waals surface area (Å²) in [5, 5.41) is 8.52.